The van der Waals surface area contributed by atoms with Crippen molar-refractivity contribution < 1.29 is 19.1 Å². The summed E-state index contributed by atoms with van der Waals surface area (Å²) in [5.41, 5.74) is 7.91. The zero-order valence-corrected chi connectivity index (χ0v) is 23.6. The molecule has 11 nitrogen and oxygen atoms in total. The molecule has 4 aliphatic heterocycles. The number of ether oxygens (including phenoxy) is 1. The third-order valence-corrected chi connectivity index (χ3v) is 9.20. The van der Waals surface area contributed by atoms with E-state index in [-0.39, 0.29) is 23.1 Å². The van der Waals surface area contributed by atoms with Crippen molar-refractivity contribution in [3.63, 3.8) is 0 Å². The summed E-state index contributed by atoms with van der Waals surface area (Å²) < 4.78 is 5.41. The zero-order chi connectivity index (χ0) is 28.4. The Morgan fingerprint density at radius 3 is 2.61 bits per heavy atom. The number of nitrogens with zero attached hydrogens (tertiary/aromatic N) is 4. The fourth-order valence-electron chi connectivity index (χ4n) is 6.66. The summed E-state index contributed by atoms with van der Waals surface area (Å²) in [6.07, 6.45) is 5.07. The summed E-state index contributed by atoms with van der Waals surface area (Å²) in [4.78, 5) is 49.3. The predicted octanol–water partition coefficient (Wildman–Crippen LogP) is 1.73. The number of aromatic nitrogens is 1. The molecule has 4 fully saturated rings. The van der Waals surface area contributed by atoms with Crippen LogP contribution in [0.2, 0.25) is 0 Å². The maximum Gasteiger partial charge on any atom is 0.251 e. The number of hydrogen-bond acceptors (Lipinski definition) is 8. The van der Waals surface area contributed by atoms with Crippen LogP contribution in [0.5, 0.6) is 5.75 Å². The highest BCUT2D eigenvalue weighted by atomic mass is 16.5. The van der Waals surface area contributed by atoms with Gasteiger partial charge < -0.3 is 19.9 Å². The van der Waals surface area contributed by atoms with Gasteiger partial charge in [0, 0.05) is 87.9 Å². The summed E-state index contributed by atoms with van der Waals surface area (Å²) >= 11 is 0. The molecule has 1 aromatic heterocycles. The van der Waals surface area contributed by atoms with Crippen LogP contribution in [0, 0.1) is 5.41 Å². The maximum absolute atomic E-state index is 14.0. The van der Waals surface area contributed by atoms with Crippen LogP contribution in [0.25, 0.3) is 0 Å². The molecule has 0 radical (unpaired) electrons. The van der Waals surface area contributed by atoms with Crippen LogP contribution in [0.15, 0.2) is 42.6 Å². The molecule has 0 aliphatic carbocycles. The van der Waals surface area contributed by atoms with Crippen LogP contribution < -0.4 is 25.8 Å². The molecule has 1 unspecified atom stereocenters. The molecular weight excluding hydrogens is 522 g/mol. The van der Waals surface area contributed by atoms with Crippen LogP contribution >= 0.6 is 0 Å². The Morgan fingerprint density at radius 1 is 1.12 bits per heavy atom. The SMILES string of the molecule is COc1cccc(NC2C(=O)N(c3ccc(C4CNNC4)cn3)CC23CCN(C(=O)CCN2CCCC2=O)CC3)c1. The Labute approximate surface area is 240 Å². The average molecular weight is 562 g/mol. The molecule has 218 valence electrons. The lowest BCUT2D eigenvalue weighted by molar-refractivity contribution is -0.134. The van der Waals surface area contributed by atoms with E-state index >= 15 is 0 Å². The molecular formula is C30H39N7O4. The van der Waals surface area contributed by atoms with Crippen LogP contribution in [-0.2, 0) is 14.4 Å². The van der Waals surface area contributed by atoms with E-state index in [0.29, 0.717) is 63.6 Å². The molecule has 4 saturated heterocycles. The lowest BCUT2D eigenvalue weighted by Gasteiger charge is -2.42. The number of hydrogen-bond donors (Lipinski definition) is 3. The van der Waals surface area contributed by atoms with Gasteiger partial charge in [-0.1, -0.05) is 12.1 Å². The van der Waals surface area contributed by atoms with E-state index in [2.05, 4.69) is 22.2 Å². The monoisotopic (exact) mass is 561 g/mol. The van der Waals surface area contributed by atoms with Gasteiger partial charge in [0.15, 0.2) is 0 Å². The summed E-state index contributed by atoms with van der Waals surface area (Å²) in [6.45, 7) is 4.63. The van der Waals surface area contributed by atoms with Gasteiger partial charge in [0.2, 0.25) is 11.8 Å². The van der Waals surface area contributed by atoms with Gasteiger partial charge in [-0.15, -0.1) is 0 Å². The number of amides is 3. The standard InChI is InChI=1S/C30H39N7O4/c1-41-24-5-2-4-23(16-24)34-28-29(40)37(25-8-7-21(17-31-25)22-18-32-33-19-22)20-30(28)10-14-36(15-11-30)27(39)9-13-35-12-3-6-26(35)38/h2,4-5,7-8,16-17,22,28,32-34H,3,6,9-15,18-20H2,1H3. The number of nitrogens with one attached hydrogen (secondary N) is 3. The average Bonchev–Trinajstić information content (AvgIpc) is 3.74. The van der Waals surface area contributed by atoms with Gasteiger partial charge >= 0.3 is 0 Å². The first kappa shape index (κ1) is 27.5. The van der Waals surface area contributed by atoms with E-state index in [0.717, 1.165) is 43.1 Å². The quantitative estimate of drug-likeness (QED) is 0.446. The smallest absolute Gasteiger partial charge is 0.251 e. The van der Waals surface area contributed by atoms with Gasteiger partial charge in [0.25, 0.3) is 5.91 Å². The largest absolute Gasteiger partial charge is 0.497 e. The third-order valence-electron chi connectivity index (χ3n) is 9.20. The Bertz CT molecular complexity index is 1270. The first-order valence-electron chi connectivity index (χ1n) is 14.6. The predicted molar refractivity (Wildman–Crippen MR) is 154 cm³/mol. The second-order valence-electron chi connectivity index (χ2n) is 11.6. The van der Waals surface area contributed by atoms with Gasteiger partial charge in [-0.25, -0.2) is 4.98 Å². The van der Waals surface area contributed by atoms with Gasteiger partial charge in [-0.05, 0) is 43.0 Å². The molecule has 0 saturated carbocycles. The van der Waals surface area contributed by atoms with Crippen molar-refractivity contribution in [2.45, 2.75) is 44.1 Å². The van der Waals surface area contributed by atoms with Crippen molar-refractivity contribution in [3.05, 3.63) is 48.2 Å². The molecule has 6 rings (SSSR count). The molecule has 1 aromatic carbocycles. The summed E-state index contributed by atoms with van der Waals surface area (Å²) in [6, 6.07) is 11.2. The topological polar surface area (TPSA) is 119 Å². The summed E-state index contributed by atoms with van der Waals surface area (Å²) in [7, 11) is 1.63. The van der Waals surface area contributed by atoms with E-state index in [9.17, 15) is 14.4 Å². The normalized spacial score (nSPS) is 22.7. The second kappa shape index (κ2) is 11.7. The van der Waals surface area contributed by atoms with E-state index in [4.69, 9.17) is 9.72 Å². The lowest BCUT2D eigenvalue weighted by atomic mass is 9.74. The number of likely N-dealkylation sites (tertiary alicyclic amines) is 2. The fraction of sp³-hybridized carbons (Fsp3) is 0.533. The van der Waals surface area contributed by atoms with E-state index in [1.165, 1.54) is 0 Å². The van der Waals surface area contributed by atoms with Crippen LogP contribution in [0.4, 0.5) is 11.5 Å². The molecule has 0 bridgehead atoms. The van der Waals surface area contributed by atoms with Crippen molar-refractivity contribution in [1.82, 2.24) is 25.6 Å². The highest BCUT2D eigenvalue weighted by molar-refractivity contribution is 6.01. The molecule has 11 heteroatoms. The lowest BCUT2D eigenvalue weighted by Crippen LogP contribution is -2.51. The number of pyridine rings is 1. The van der Waals surface area contributed by atoms with Gasteiger partial charge in [0.1, 0.15) is 17.6 Å². The van der Waals surface area contributed by atoms with Gasteiger partial charge in [-0.2, -0.15) is 0 Å². The third kappa shape index (κ3) is 5.60. The zero-order valence-electron chi connectivity index (χ0n) is 23.6. The minimum atomic E-state index is -0.459. The number of anilines is 2. The number of benzene rings is 1. The number of methoxy groups -OCH3 is 1. The Hall–Kier alpha value is -3.70. The Balaban J connectivity index is 1.18. The van der Waals surface area contributed by atoms with Crippen LogP contribution in [0.3, 0.4) is 0 Å². The molecule has 5 heterocycles. The van der Waals surface area contributed by atoms with Crippen molar-refractivity contribution in [1.29, 1.82) is 0 Å². The van der Waals surface area contributed by atoms with Crippen molar-refractivity contribution in [3.8, 4) is 5.75 Å². The first-order chi connectivity index (χ1) is 20.0. The number of rotatable bonds is 8. The number of hydrazine groups is 1. The highest BCUT2D eigenvalue weighted by Gasteiger charge is 2.54. The molecule has 3 N–H and O–H groups in total. The molecule has 4 aliphatic rings. The molecule has 3 amide bonds. The maximum atomic E-state index is 14.0. The van der Waals surface area contributed by atoms with Gasteiger partial charge in [-0.3, -0.25) is 30.1 Å². The van der Waals surface area contributed by atoms with E-state index in [1.807, 2.05) is 46.3 Å². The van der Waals surface area contributed by atoms with Gasteiger partial charge in [0.05, 0.1) is 7.11 Å². The Kier molecular flexibility index (Phi) is 7.81. The second-order valence-corrected chi connectivity index (χ2v) is 11.6. The minimum absolute atomic E-state index is 0.00964. The Morgan fingerprint density at radius 2 is 1.93 bits per heavy atom. The number of piperidine rings is 1. The number of carbonyl (C=O) groups excluding carboxylic acids is 3. The molecule has 41 heavy (non-hydrogen) atoms. The highest BCUT2D eigenvalue weighted by Crippen LogP contribution is 2.44. The number of carbonyl (C=O) groups is 3. The van der Waals surface area contributed by atoms with E-state index < -0.39 is 6.04 Å². The summed E-state index contributed by atoms with van der Waals surface area (Å²) in [5, 5.41) is 3.53. The van der Waals surface area contributed by atoms with Crippen LogP contribution in [-0.4, -0.2) is 91.5 Å². The minimum Gasteiger partial charge on any atom is -0.497 e. The molecule has 2 aromatic rings. The van der Waals surface area contributed by atoms with Crippen molar-refractivity contribution in [2.75, 3.05) is 63.1 Å². The van der Waals surface area contributed by atoms with Crippen molar-refractivity contribution in [2.24, 2.45) is 5.41 Å². The summed E-state index contributed by atoms with van der Waals surface area (Å²) in [5.74, 6) is 1.93. The van der Waals surface area contributed by atoms with Crippen molar-refractivity contribution >= 4 is 29.2 Å². The molecule has 1 atom stereocenters. The van der Waals surface area contributed by atoms with Crippen LogP contribution in [0.1, 0.15) is 43.6 Å². The van der Waals surface area contributed by atoms with E-state index in [1.54, 1.807) is 12.0 Å². The first-order valence-corrected chi connectivity index (χ1v) is 14.6. The molecule has 1 spiro atoms. The fourth-order valence-corrected chi connectivity index (χ4v) is 6.66.